The first kappa shape index (κ1) is 16.4. The van der Waals surface area contributed by atoms with Crippen LogP contribution in [-0.2, 0) is 14.3 Å². The average Bonchev–Trinajstić information content (AvgIpc) is 2.28. The van der Waals surface area contributed by atoms with Gasteiger partial charge >= 0.3 is 12.0 Å². The smallest absolute Gasteiger partial charge is 0.323 e. The van der Waals surface area contributed by atoms with Gasteiger partial charge in [-0.15, -0.1) is 0 Å². The molecular weight excluding hydrogens is 240 g/mol. The summed E-state index contributed by atoms with van der Waals surface area (Å²) in [6.45, 7) is 1.03. The van der Waals surface area contributed by atoms with E-state index in [1.54, 1.807) is 14.2 Å². The van der Waals surface area contributed by atoms with Crippen LogP contribution in [0.15, 0.2) is 0 Å². The number of hydrogen-bond acceptors (Lipinski definition) is 4. The van der Waals surface area contributed by atoms with Gasteiger partial charge in [0.2, 0.25) is 5.91 Å². The molecule has 0 unspecified atom stereocenters. The number of aliphatic carboxylic acids is 1. The van der Waals surface area contributed by atoms with Crippen LogP contribution < -0.4 is 5.32 Å². The van der Waals surface area contributed by atoms with Gasteiger partial charge in [-0.3, -0.25) is 14.9 Å². The van der Waals surface area contributed by atoms with Crippen LogP contribution in [0.1, 0.15) is 25.7 Å². The zero-order valence-corrected chi connectivity index (χ0v) is 10.8. The summed E-state index contributed by atoms with van der Waals surface area (Å²) in [5.41, 5.74) is 0. The van der Waals surface area contributed by atoms with Gasteiger partial charge in [0.15, 0.2) is 0 Å². The standard InChI is InChI=1S/C11H20N2O5/c1-13(7-4-8-18-2)11(17)12-9(14)5-3-6-10(15)16/h3-8H2,1-2H3,(H,15,16)(H,12,14,17). The Kier molecular flexibility index (Phi) is 8.55. The normalized spacial score (nSPS) is 9.89. The van der Waals surface area contributed by atoms with E-state index >= 15 is 0 Å². The van der Waals surface area contributed by atoms with E-state index in [9.17, 15) is 14.4 Å². The van der Waals surface area contributed by atoms with Crippen molar-refractivity contribution in [1.82, 2.24) is 10.2 Å². The molecule has 0 spiro atoms. The molecule has 0 aromatic rings. The van der Waals surface area contributed by atoms with Crippen molar-refractivity contribution >= 4 is 17.9 Å². The number of rotatable bonds is 8. The van der Waals surface area contributed by atoms with E-state index in [1.165, 1.54) is 4.90 Å². The third-order valence-electron chi connectivity index (χ3n) is 2.23. The number of carboxylic acid groups (broad SMARTS) is 1. The lowest BCUT2D eigenvalue weighted by Crippen LogP contribution is -2.41. The molecule has 0 saturated carbocycles. The van der Waals surface area contributed by atoms with Crippen molar-refractivity contribution in [2.45, 2.75) is 25.7 Å². The highest BCUT2D eigenvalue weighted by molar-refractivity contribution is 5.94. The van der Waals surface area contributed by atoms with Gasteiger partial charge in [0, 0.05) is 40.2 Å². The molecule has 0 aromatic carbocycles. The number of urea groups is 1. The molecule has 0 bridgehead atoms. The van der Waals surface area contributed by atoms with Crippen molar-refractivity contribution in [1.29, 1.82) is 0 Å². The van der Waals surface area contributed by atoms with Crippen LogP contribution in [0.2, 0.25) is 0 Å². The number of hydrogen-bond donors (Lipinski definition) is 2. The predicted molar refractivity (Wildman–Crippen MR) is 64.1 cm³/mol. The Morgan fingerprint density at radius 1 is 1.22 bits per heavy atom. The molecule has 0 aliphatic carbocycles. The fourth-order valence-electron chi connectivity index (χ4n) is 1.22. The molecule has 18 heavy (non-hydrogen) atoms. The summed E-state index contributed by atoms with van der Waals surface area (Å²) in [6, 6.07) is -0.480. The van der Waals surface area contributed by atoms with Crippen molar-refractivity contribution in [3.63, 3.8) is 0 Å². The van der Waals surface area contributed by atoms with Crippen molar-refractivity contribution < 1.29 is 24.2 Å². The number of methoxy groups -OCH3 is 1. The Balaban J connectivity index is 3.77. The molecule has 0 rings (SSSR count). The number of amides is 3. The fourth-order valence-corrected chi connectivity index (χ4v) is 1.22. The van der Waals surface area contributed by atoms with Crippen LogP contribution in [0.4, 0.5) is 4.79 Å². The highest BCUT2D eigenvalue weighted by Gasteiger charge is 2.12. The molecule has 104 valence electrons. The van der Waals surface area contributed by atoms with Crippen LogP contribution in [0, 0.1) is 0 Å². The third kappa shape index (κ3) is 8.51. The molecule has 0 atom stereocenters. The number of nitrogens with zero attached hydrogens (tertiary/aromatic N) is 1. The Morgan fingerprint density at radius 2 is 1.89 bits per heavy atom. The van der Waals surface area contributed by atoms with E-state index in [0.717, 1.165) is 0 Å². The van der Waals surface area contributed by atoms with E-state index in [0.29, 0.717) is 19.6 Å². The van der Waals surface area contributed by atoms with Crippen molar-refractivity contribution in [3.8, 4) is 0 Å². The zero-order valence-electron chi connectivity index (χ0n) is 10.8. The molecule has 0 aliphatic rings. The number of carbonyl (C=O) groups is 3. The molecule has 2 N–H and O–H groups in total. The number of carboxylic acids is 1. The highest BCUT2D eigenvalue weighted by Crippen LogP contribution is 1.96. The van der Waals surface area contributed by atoms with Crippen molar-refractivity contribution in [2.24, 2.45) is 0 Å². The Bertz CT molecular complexity index is 293. The number of carbonyl (C=O) groups excluding carboxylic acids is 2. The van der Waals surface area contributed by atoms with Gasteiger partial charge in [0.1, 0.15) is 0 Å². The quantitative estimate of drug-likeness (QED) is 0.617. The summed E-state index contributed by atoms with van der Waals surface area (Å²) in [5.74, 6) is -1.41. The highest BCUT2D eigenvalue weighted by atomic mass is 16.5. The predicted octanol–water partition coefficient (Wildman–Crippen LogP) is 0.446. The second-order valence-electron chi connectivity index (χ2n) is 3.87. The molecular formula is C11H20N2O5. The van der Waals surface area contributed by atoms with Gasteiger partial charge in [0.05, 0.1) is 0 Å². The molecule has 0 radical (unpaired) electrons. The summed E-state index contributed by atoms with van der Waals surface area (Å²) < 4.78 is 4.85. The molecule has 7 heteroatoms. The van der Waals surface area contributed by atoms with E-state index in [4.69, 9.17) is 9.84 Å². The van der Waals surface area contributed by atoms with Crippen molar-refractivity contribution in [2.75, 3.05) is 27.3 Å². The summed E-state index contributed by atoms with van der Waals surface area (Å²) in [4.78, 5) is 34.4. The topological polar surface area (TPSA) is 95.9 Å². The largest absolute Gasteiger partial charge is 0.481 e. The second kappa shape index (κ2) is 9.41. The van der Waals surface area contributed by atoms with Crippen LogP contribution in [0.5, 0.6) is 0 Å². The number of ether oxygens (including phenoxy) is 1. The lowest BCUT2D eigenvalue weighted by molar-refractivity contribution is -0.137. The van der Waals surface area contributed by atoms with Gasteiger partial charge in [-0.05, 0) is 12.8 Å². The Morgan fingerprint density at radius 3 is 2.44 bits per heavy atom. The molecule has 0 aliphatic heterocycles. The monoisotopic (exact) mass is 260 g/mol. The molecule has 0 heterocycles. The minimum atomic E-state index is -0.953. The van der Waals surface area contributed by atoms with E-state index in [-0.39, 0.29) is 19.3 Å². The number of imide groups is 1. The zero-order chi connectivity index (χ0) is 14.0. The minimum absolute atomic E-state index is 0.0317. The van der Waals surface area contributed by atoms with E-state index < -0.39 is 17.9 Å². The molecule has 0 saturated heterocycles. The lowest BCUT2D eigenvalue weighted by Gasteiger charge is -2.16. The minimum Gasteiger partial charge on any atom is -0.481 e. The van der Waals surface area contributed by atoms with Crippen molar-refractivity contribution in [3.05, 3.63) is 0 Å². The summed E-state index contributed by atoms with van der Waals surface area (Å²) in [5, 5.41) is 10.6. The van der Waals surface area contributed by atoms with E-state index in [1.807, 2.05) is 0 Å². The van der Waals surface area contributed by atoms with Crippen LogP contribution in [0.25, 0.3) is 0 Å². The third-order valence-corrected chi connectivity index (χ3v) is 2.23. The first-order valence-electron chi connectivity index (χ1n) is 5.73. The maximum atomic E-state index is 11.5. The van der Waals surface area contributed by atoms with Gasteiger partial charge in [-0.25, -0.2) is 4.79 Å². The van der Waals surface area contributed by atoms with Crippen LogP contribution >= 0.6 is 0 Å². The molecule has 0 aromatic heterocycles. The molecule has 7 nitrogen and oxygen atoms in total. The van der Waals surface area contributed by atoms with Crippen LogP contribution in [-0.4, -0.2) is 55.2 Å². The fraction of sp³-hybridized carbons (Fsp3) is 0.727. The first-order chi connectivity index (χ1) is 8.47. The van der Waals surface area contributed by atoms with Gasteiger partial charge in [-0.2, -0.15) is 0 Å². The molecule has 3 amide bonds. The SMILES string of the molecule is COCCCN(C)C(=O)NC(=O)CCCC(=O)O. The summed E-state index contributed by atoms with van der Waals surface area (Å²) in [6.07, 6.45) is 0.866. The average molecular weight is 260 g/mol. The van der Waals surface area contributed by atoms with Gasteiger partial charge in [-0.1, -0.05) is 0 Å². The Labute approximate surface area is 106 Å². The Hall–Kier alpha value is -1.63. The second-order valence-corrected chi connectivity index (χ2v) is 3.87. The maximum Gasteiger partial charge on any atom is 0.323 e. The van der Waals surface area contributed by atoms with Gasteiger partial charge in [0.25, 0.3) is 0 Å². The summed E-state index contributed by atoms with van der Waals surface area (Å²) >= 11 is 0. The first-order valence-corrected chi connectivity index (χ1v) is 5.73. The number of nitrogens with one attached hydrogen (secondary N) is 1. The molecule has 0 fully saturated rings. The summed E-state index contributed by atoms with van der Waals surface area (Å²) in [7, 11) is 3.15. The lowest BCUT2D eigenvalue weighted by atomic mass is 10.2. The van der Waals surface area contributed by atoms with Crippen LogP contribution in [0.3, 0.4) is 0 Å². The van der Waals surface area contributed by atoms with E-state index in [2.05, 4.69) is 5.32 Å². The van der Waals surface area contributed by atoms with Gasteiger partial charge < -0.3 is 14.7 Å². The maximum absolute atomic E-state index is 11.5.